The molecule has 6 heteroatoms. The van der Waals surface area contributed by atoms with Gasteiger partial charge in [0, 0.05) is 5.56 Å². The minimum atomic E-state index is -0.402. The Kier molecular flexibility index (Phi) is 7.69. The predicted octanol–water partition coefficient (Wildman–Crippen LogP) is 3.32. The summed E-state index contributed by atoms with van der Waals surface area (Å²) in [6, 6.07) is 5.20. The summed E-state index contributed by atoms with van der Waals surface area (Å²) in [7, 11) is 0. The van der Waals surface area contributed by atoms with Crippen molar-refractivity contribution in [1.29, 1.82) is 0 Å². The van der Waals surface area contributed by atoms with Gasteiger partial charge in [-0.1, -0.05) is 22.9 Å². The molecule has 0 fully saturated rings. The molecule has 0 radical (unpaired) electrons. The molecule has 0 N–H and O–H groups in total. The highest BCUT2D eigenvalue weighted by atomic mass is 79.9. The number of hydrogen-bond acceptors (Lipinski definition) is 5. The Bertz CT molecular complexity index is 476. The van der Waals surface area contributed by atoms with Crippen LogP contribution in [0.3, 0.4) is 0 Å². The highest BCUT2D eigenvalue weighted by Gasteiger charge is 2.11. The molecule has 0 aromatic heterocycles. The second-order valence-electron chi connectivity index (χ2n) is 3.75. The summed E-state index contributed by atoms with van der Waals surface area (Å²) in [4.78, 5) is 23.8. The van der Waals surface area contributed by atoms with Crippen LogP contribution >= 0.6 is 27.7 Å². The number of esters is 1. The third-order valence-electron chi connectivity index (χ3n) is 2.34. The van der Waals surface area contributed by atoms with Gasteiger partial charge in [-0.25, -0.2) is 4.79 Å². The number of halogens is 1. The van der Waals surface area contributed by atoms with Crippen molar-refractivity contribution in [2.24, 2.45) is 0 Å². The third kappa shape index (κ3) is 5.17. The van der Waals surface area contributed by atoms with Gasteiger partial charge < -0.3 is 9.47 Å². The normalized spacial score (nSPS) is 10.2. The molecule has 0 saturated heterocycles. The lowest BCUT2D eigenvalue weighted by Gasteiger charge is -2.11. The van der Waals surface area contributed by atoms with E-state index < -0.39 is 5.97 Å². The number of benzene rings is 1. The Hall–Kier alpha value is -1.01. The molecule has 20 heavy (non-hydrogen) atoms. The van der Waals surface area contributed by atoms with E-state index in [1.54, 1.807) is 36.9 Å². The quantitative estimate of drug-likeness (QED) is 0.308. The molecule has 0 heterocycles. The zero-order chi connectivity index (χ0) is 15.0. The standard InChI is InChI=1S/C14H17BrO4S/c1-3-18-14(17)9-19-12-6-5-10(11(16)8-15)7-13(12)20-4-2/h5-7H,3-4,8-9H2,1-2H3. The number of ether oxygens (including phenoxy) is 2. The lowest BCUT2D eigenvalue weighted by Crippen LogP contribution is -2.15. The zero-order valence-electron chi connectivity index (χ0n) is 11.5. The van der Waals surface area contributed by atoms with Crippen LogP contribution in [0.25, 0.3) is 0 Å². The van der Waals surface area contributed by atoms with Crippen LogP contribution in [0.5, 0.6) is 5.75 Å². The minimum Gasteiger partial charge on any atom is -0.481 e. The molecule has 0 spiro atoms. The van der Waals surface area contributed by atoms with Gasteiger partial charge in [-0.15, -0.1) is 11.8 Å². The lowest BCUT2D eigenvalue weighted by molar-refractivity contribution is -0.145. The van der Waals surface area contributed by atoms with Crippen LogP contribution in [0.15, 0.2) is 23.1 Å². The van der Waals surface area contributed by atoms with Crippen molar-refractivity contribution in [2.45, 2.75) is 18.7 Å². The number of thioether (sulfide) groups is 1. The van der Waals surface area contributed by atoms with E-state index in [0.29, 0.717) is 17.9 Å². The van der Waals surface area contributed by atoms with E-state index in [2.05, 4.69) is 15.9 Å². The molecule has 0 saturated carbocycles. The smallest absolute Gasteiger partial charge is 0.344 e. The number of alkyl halides is 1. The van der Waals surface area contributed by atoms with Gasteiger partial charge in [0.2, 0.25) is 0 Å². The summed E-state index contributed by atoms with van der Waals surface area (Å²) in [6.45, 7) is 3.96. The monoisotopic (exact) mass is 360 g/mol. The maximum Gasteiger partial charge on any atom is 0.344 e. The first-order valence-corrected chi connectivity index (χ1v) is 8.37. The van der Waals surface area contributed by atoms with Gasteiger partial charge in [-0.05, 0) is 30.9 Å². The van der Waals surface area contributed by atoms with Crippen molar-refractivity contribution < 1.29 is 19.1 Å². The largest absolute Gasteiger partial charge is 0.481 e. The van der Waals surface area contributed by atoms with Crippen molar-refractivity contribution in [2.75, 3.05) is 24.3 Å². The Balaban J connectivity index is 2.84. The van der Waals surface area contributed by atoms with Crippen LogP contribution in [-0.4, -0.2) is 36.0 Å². The van der Waals surface area contributed by atoms with Crippen LogP contribution < -0.4 is 4.74 Å². The van der Waals surface area contributed by atoms with Gasteiger partial charge in [-0.2, -0.15) is 0 Å². The van der Waals surface area contributed by atoms with Crippen molar-refractivity contribution in [3.63, 3.8) is 0 Å². The summed E-state index contributed by atoms with van der Waals surface area (Å²) < 4.78 is 10.3. The van der Waals surface area contributed by atoms with Gasteiger partial charge in [0.05, 0.1) is 16.8 Å². The minimum absolute atomic E-state index is 0.0138. The second-order valence-corrected chi connectivity index (χ2v) is 5.61. The molecule has 4 nitrogen and oxygen atoms in total. The second kappa shape index (κ2) is 9.02. The van der Waals surface area contributed by atoms with E-state index >= 15 is 0 Å². The molecule has 0 amide bonds. The fourth-order valence-corrected chi connectivity index (χ4v) is 2.60. The Morgan fingerprint density at radius 3 is 2.65 bits per heavy atom. The van der Waals surface area contributed by atoms with Crippen LogP contribution in [-0.2, 0) is 9.53 Å². The number of Topliss-reactive ketones (excluding diaryl/α,β-unsaturated/α-hetero) is 1. The van der Waals surface area contributed by atoms with E-state index in [-0.39, 0.29) is 17.7 Å². The molecule has 0 bridgehead atoms. The van der Waals surface area contributed by atoms with E-state index in [1.165, 1.54) is 0 Å². The summed E-state index contributed by atoms with van der Waals surface area (Å²) in [5.41, 5.74) is 0.626. The molecule has 0 aliphatic carbocycles. The highest BCUT2D eigenvalue weighted by molar-refractivity contribution is 9.09. The number of ketones is 1. The first kappa shape index (κ1) is 17.0. The molecular formula is C14H17BrO4S. The molecule has 0 aliphatic rings. The molecule has 1 aromatic carbocycles. The summed E-state index contributed by atoms with van der Waals surface area (Å²) in [5, 5.41) is 0.284. The maximum atomic E-state index is 11.7. The highest BCUT2D eigenvalue weighted by Crippen LogP contribution is 2.30. The first-order valence-electron chi connectivity index (χ1n) is 6.26. The SMILES string of the molecule is CCOC(=O)COc1ccc(C(=O)CBr)cc1SCC. The number of carbonyl (C=O) groups excluding carboxylic acids is 2. The molecule has 1 rings (SSSR count). The van der Waals surface area contributed by atoms with E-state index in [4.69, 9.17) is 9.47 Å². The van der Waals surface area contributed by atoms with Crippen molar-refractivity contribution >= 4 is 39.4 Å². The zero-order valence-corrected chi connectivity index (χ0v) is 13.9. The average Bonchev–Trinajstić information content (AvgIpc) is 2.45. The Morgan fingerprint density at radius 1 is 1.30 bits per heavy atom. The lowest BCUT2D eigenvalue weighted by atomic mass is 10.1. The van der Waals surface area contributed by atoms with Gasteiger partial charge >= 0.3 is 5.97 Å². The summed E-state index contributed by atoms with van der Waals surface area (Å²) in [6.07, 6.45) is 0. The van der Waals surface area contributed by atoms with Gasteiger partial charge in [0.1, 0.15) is 5.75 Å². The van der Waals surface area contributed by atoms with Gasteiger partial charge in [-0.3, -0.25) is 4.79 Å². The van der Waals surface area contributed by atoms with Crippen molar-refractivity contribution in [3.8, 4) is 5.75 Å². The van der Waals surface area contributed by atoms with Crippen molar-refractivity contribution in [1.82, 2.24) is 0 Å². The average molecular weight is 361 g/mol. The topological polar surface area (TPSA) is 52.6 Å². The molecular weight excluding hydrogens is 344 g/mol. The van der Waals surface area contributed by atoms with Crippen LogP contribution in [0, 0.1) is 0 Å². The van der Waals surface area contributed by atoms with Crippen LogP contribution in [0.1, 0.15) is 24.2 Å². The predicted molar refractivity (Wildman–Crippen MR) is 83.1 cm³/mol. The fraction of sp³-hybridized carbons (Fsp3) is 0.429. The molecule has 1 aromatic rings. The first-order chi connectivity index (χ1) is 9.62. The van der Waals surface area contributed by atoms with Gasteiger partial charge in [0.25, 0.3) is 0 Å². The molecule has 110 valence electrons. The Labute approximate surface area is 131 Å². The number of rotatable bonds is 8. The van der Waals surface area contributed by atoms with Gasteiger partial charge in [0.15, 0.2) is 12.4 Å². The summed E-state index contributed by atoms with van der Waals surface area (Å²) >= 11 is 4.72. The van der Waals surface area contributed by atoms with E-state index in [1.807, 2.05) is 6.92 Å². The van der Waals surface area contributed by atoms with E-state index in [0.717, 1.165) is 10.6 Å². The summed E-state index contributed by atoms with van der Waals surface area (Å²) in [5.74, 6) is 1.05. The van der Waals surface area contributed by atoms with E-state index in [9.17, 15) is 9.59 Å². The Morgan fingerprint density at radius 2 is 2.05 bits per heavy atom. The van der Waals surface area contributed by atoms with Crippen LogP contribution in [0.4, 0.5) is 0 Å². The number of hydrogen-bond donors (Lipinski definition) is 0. The van der Waals surface area contributed by atoms with Crippen LogP contribution in [0.2, 0.25) is 0 Å². The maximum absolute atomic E-state index is 11.7. The number of carbonyl (C=O) groups is 2. The molecule has 0 atom stereocenters. The fourth-order valence-electron chi connectivity index (χ4n) is 1.49. The molecule has 0 aliphatic heterocycles. The third-order valence-corrected chi connectivity index (χ3v) is 3.77. The van der Waals surface area contributed by atoms with Crippen molar-refractivity contribution in [3.05, 3.63) is 23.8 Å². The molecule has 0 unspecified atom stereocenters.